The van der Waals surface area contributed by atoms with Crippen LogP contribution in [-0.4, -0.2) is 15.5 Å². The van der Waals surface area contributed by atoms with Crippen LogP contribution in [0.4, 0.5) is 0 Å². The van der Waals surface area contributed by atoms with Gasteiger partial charge in [-0.05, 0) is 47.1 Å². The molecule has 0 aliphatic rings. The third kappa shape index (κ3) is 2.57. The Hall–Kier alpha value is -0.430. The summed E-state index contributed by atoms with van der Waals surface area (Å²) in [5.41, 5.74) is 7.14. The van der Waals surface area contributed by atoms with Gasteiger partial charge in [-0.3, -0.25) is 0 Å². The fourth-order valence-corrected chi connectivity index (χ4v) is 3.02. The molecule has 0 aliphatic carbocycles. The van der Waals surface area contributed by atoms with Crippen LogP contribution in [0.15, 0.2) is 21.5 Å². The summed E-state index contributed by atoms with van der Waals surface area (Å²) < 4.78 is 26.2. The van der Waals surface area contributed by atoms with E-state index in [-0.39, 0.29) is 4.90 Å². The first-order valence-corrected chi connectivity index (χ1v) is 6.62. The molecule has 1 rings (SSSR count). The van der Waals surface area contributed by atoms with E-state index in [1.54, 1.807) is 6.07 Å². The van der Waals surface area contributed by atoms with Gasteiger partial charge in [0, 0.05) is 11.0 Å². The summed E-state index contributed by atoms with van der Waals surface area (Å²) in [5.74, 6) is 0. The first-order valence-electron chi connectivity index (χ1n) is 4.35. The lowest BCUT2D eigenvalue weighted by Gasteiger charge is -2.09. The molecular formula is C9H13BrN2O2S. The fourth-order valence-electron chi connectivity index (χ4n) is 1.23. The van der Waals surface area contributed by atoms with E-state index in [0.29, 0.717) is 11.0 Å². The molecule has 1 aromatic carbocycles. The first-order chi connectivity index (χ1) is 6.92. The topological polar surface area (TPSA) is 72.2 Å². The number of sulfonamides is 1. The molecular weight excluding hydrogens is 280 g/mol. The molecule has 15 heavy (non-hydrogen) atoms. The minimum Gasteiger partial charge on any atom is -0.326 e. The Morgan fingerprint density at radius 1 is 1.47 bits per heavy atom. The van der Waals surface area contributed by atoms with Gasteiger partial charge in [0.25, 0.3) is 0 Å². The third-order valence-corrected chi connectivity index (χ3v) is 4.83. The number of rotatable bonds is 3. The molecule has 6 heteroatoms. The van der Waals surface area contributed by atoms with Crippen LogP contribution in [0.3, 0.4) is 0 Å². The second kappa shape index (κ2) is 4.61. The number of hydrogen-bond acceptors (Lipinski definition) is 3. The Bertz CT molecular complexity index is 471. The van der Waals surface area contributed by atoms with Crippen molar-refractivity contribution in [2.24, 2.45) is 5.73 Å². The van der Waals surface area contributed by atoms with E-state index in [4.69, 9.17) is 5.73 Å². The van der Waals surface area contributed by atoms with E-state index in [2.05, 4.69) is 20.7 Å². The largest absolute Gasteiger partial charge is 0.326 e. The normalized spacial score (nSPS) is 11.7. The van der Waals surface area contributed by atoms with Gasteiger partial charge in [0.2, 0.25) is 10.0 Å². The summed E-state index contributed by atoms with van der Waals surface area (Å²) in [6, 6.07) is 3.43. The fraction of sp³-hybridized carbons (Fsp3) is 0.333. The van der Waals surface area contributed by atoms with Crippen LogP contribution < -0.4 is 10.5 Å². The van der Waals surface area contributed by atoms with E-state index in [0.717, 1.165) is 11.1 Å². The lowest BCUT2D eigenvalue weighted by Crippen LogP contribution is -2.19. The Balaban J connectivity index is 3.48. The molecule has 84 valence electrons. The Labute approximate surface area is 98.0 Å². The molecule has 1 aromatic rings. The van der Waals surface area contributed by atoms with Gasteiger partial charge in [-0.15, -0.1) is 0 Å². The molecule has 0 amide bonds. The second-order valence-electron chi connectivity index (χ2n) is 3.14. The maximum absolute atomic E-state index is 11.7. The molecule has 0 saturated carbocycles. The lowest BCUT2D eigenvalue weighted by molar-refractivity contribution is 0.587. The van der Waals surface area contributed by atoms with Crippen molar-refractivity contribution in [3.8, 4) is 0 Å². The summed E-state index contributed by atoms with van der Waals surface area (Å²) in [4.78, 5) is 0.227. The van der Waals surface area contributed by atoms with Crippen LogP contribution in [0.5, 0.6) is 0 Å². The summed E-state index contributed by atoms with van der Waals surface area (Å²) >= 11 is 3.26. The third-order valence-electron chi connectivity index (χ3n) is 2.07. The summed E-state index contributed by atoms with van der Waals surface area (Å²) in [5, 5.41) is 0. The summed E-state index contributed by atoms with van der Waals surface area (Å²) in [7, 11) is -2.06. The van der Waals surface area contributed by atoms with Gasteiger partial charge in [-0.2, -0.15) is 0 Å². The van der Waals surface area contributed by atoms with E-state index < -0.39 is 10.0 Å². The zero-order valence-corrected chi connectivity index (χ0v) is 10.9. The molecule has 0 radical (unpaired) electrons. The molecule has 0 aliphatic heterocycles. The van der Waals surface area contributed by atoms with Crippen molar-refractivity contribution in [1.29, 1.82) is 0 Å². The van der Waals surface area contributed by atoms with Gasteiger partial charge in [0.15, 0.2) is 0 Å². The van der Waals surface area contributed by atoms with Gasteiger partial charge in [-0.1, -0.05) is 6.07 Å². The van der Waals surface area contributed by atoms with E-state index in [1.807, 2.05) is 13.0 Å². The number of benzene rings is 1. The van der Waals surface area contributed by atoms with Crippen molar-refractivity contribution in [1.82, 2.24) is 4.72 Å². The highest BCUT2D eigenvalue weighted by molar-refractivity contribution is 9.10. The van der Waals surface area contributed by atoms with Crippen molar-refractivity contribution < 1.29 is 8.42 Å². The molecule has 0 heterocycles. The molecule has 0 bridgehead atoms. The lowest BCUT2D eigenvalue weighted by atomic mass is 10.1. The van der Waals surface area contributed by atoms with Crippen LogP contribution >= 0.6 is 15.9 Å². The minimum absolute atomic E-state index is 0.227. The van der Waals surface area contributed by atoms with Gasteiger partial charge in [-0.25, -0.2) is 13.1 Å². The summed E-state index contributed by atoms with van der Waals surface area (Å²) in [6.45, 7) is 2.15. The number of nitrogens with one attached hydrogen (secondary N) is 1. The minimum atomic E-state index is -3.44. The molecule has 3 N–H and O–H groups in total. The van der Waals surface area contributed by atoms with Gasteiger partial charge < -0.3 is 5.73 Å². The average molecular weight is 293 g/mol. The van der Waals surface area contributed by atoms with Crippen LogP contribution in [0, 0.1) is 6.92 Å². The van der Waals surface area contributed by atoms with Crippen LogP contribution in [-0.2, 0) is 16.6 Å². The smallest absolute Gasteiger partial charge is 0.241 e. The predicted molar refractivity (Wildman–Crippen MR) is 63.0 cm³/mol. The highest BCUT2D eigenvalue weighted by Gasteiger charge is 2.17. The number of hydrogen-bond donors (Lipinski definition) is 2. The van der Waals surface area contributed by atoms with Crippen molar-refractivity contribution in [3.63, 3.8) is 0 Å². The quantitative estimate of drug-likeness (QED) is 0.877. The Morgan fingerprint density at radius 2 is 2.07 bits per heavy atom. The number of halogens is 1. The molecule has 0 fully saturated rings. The van der Waals surface area contributed by atoms with E-state index in [9.17, 15) is 8.42 Å². The highest BCUT2D eigenvalue weighted by Crippen LogP contribution is 2.26. The standard InChI is InChI=1S/C9H13BrN2O2S/c1-6-3-7(5-11)4-8(9(6)10)15(13,14)12-2/h3-4,12H,5,11H2,1-2H3. The Morgan fingerprint density at radius 3 is 2.53 bits per heavy atom. The van der Waals surface area contributed by atoms with Gasteiger partial charge in [0.05, 0.1) is 4.90 Å². The van der Waals surface area contributed by atoms with E-state index in [1.165, 1.54) is 7.05 Å². The van der Waals surface area contributed by atoms with E-state index >= 15 is 0 Å². The Kier molecular flexibility index (Phi) is 3.88. The zero-order chi connectivity index (χ0) is 11.6. The van der Waals surface area contributed by atoms with Crippen molar-refractivity contribution >= 4 is 26.0 Å². The molecule has 4 nitrogen and oxygen atoms in total. The zero-order valence-electron chi connectivity index (χ0n) is 8.54. The first kappa shape index (κ1) is 12.6. The van der Waals surface area contributed by atoms with Crippen LogP contribution in [0.2, 0.25) is 0 Å². The molecule has 0 atom stereocenters. The van der Waals surface area contributed by atoms with Crippen molar-refractivity contribution in [3.05, 3.63) is 27.7 Å². The highest BCUT2D eigenvalue weighted by atomic mass is 79.9. The number of nitrogens with two attached hydrogens (primary N) is 1. The monoisotopic (exact) mass is 292 g/mol. The summed E-state index contributed by atoms with van der Waals surface area (Å²) in [6.07, 6.45) is 0. The maximum atomic E-state index is 11.7. The van der Waals surface area contributed by atoms with Crippen LogP contribution in [0.1, 0.15) is 11.1 Å². The molecule has 0 saturated heterocycles. The second-order valence-corrected chi connectivity index (χ2v) is 5.78. The van der Waals surface area contributed by atoms with Gasteiger partial charge >= 0.3 is 0 Å². The average Bonchev–Trinajstić information content (AvgIpc) is 2.21. The number of aryl methyl sites for hydroxylation is 1. The molecule has 0 aromatic heterocycles. The van der Waals surface area contributed by atoms with Crippen molar-refractivity contribution in [2.45, 2.75) is 18.4 Å². The predicted octanol–water partition coefficient (Wildman–Crippen LogP) is 1.12. The maximum Gasteiger partial charge on any atom is 0.241 e. The molecule has 0 unspecified atom stereocenters. The SMILES string of the molecule is CNS(=O)(=O)c1cc(CN)cc(C)c1Br. The van der Waals surface area contributed by atoms with Crippen molar-refractivity contribution in [2.75, 3.05) is 7.05 Å². The van der Waals surface area contributed by atoms with Gasteiger partial charge in [0.1, 0.15) is 0 Å². The molecule has 0 spiro atoms. The van der Waals surface area contributed by atoms with Crippen LogP contribution in [0.25, 0.3) is 0 Å².